The van der Waals surface area contributed by atoms with Gasteiger partial charge in [0.15, 0.2) is 0 Å². The molecule has 0 fully saturated rings. The van der Waals surface area contributed by atoms with Crippen molar-refractivity contribution in [1.82, 2.24) is 9.97 Å². The summed E-state index contributed by atoms with van der Waals surface area (Å²) in [5.74, 6) is 0.776. The van der Waals surface area contributed by atoms with Crippen molar-refractivity contribution in [3.05, 3.63) is 51.4 Å². The van der Waals surface area contributed by atoms with Gasteiger partial charge in [0.25, 0.3) is 0 Å². The van der Waals surface area contributed by atoms with Crippen LogP contribution in [-0.2, 0) is 0 Å². The molecule has 0 bridgehead atoms. The number of nitrogens with zero attached hydrogens (tertiary/aromatic N) is 2. The van der Waals surface area contributed by atoms with E-state index in [2.05, 4.69) is 15.3 Å². The number of benzene rings is 1. The van der Waals surface area contributed by atoms with Gasteiger partial charge in [-0.25, -0.2) is 4.98 Å². The van der Waals surface area contributed by atoms with Crippen LogP contribution in [0.4, 0.5) is 5.82 Å². The zero-order valence-electron chi connectivity index (χ0n) is 11.0. The highest BCUT2D eigenvalue weighted by Gasteiger charge is 2.12. The van der Waals surface area contributed by atoms with Crippen LogP contribution in [0.1, 0.15) is 29.9 Å². The second-order valence-electron chi connectivity index (χ2n) is 4.48. The molecule has 0 aliphatic heterocycles. The molecule has 19 heavy (non-hydrogen) atoms. The molecule has 0 unspecified atom stereocenters. The summed E-state index contributed by atoms with van der Waals surface area (Å²) < 4.78 is 0. The van der Waals surface area contributed by atoms with E-state index in [9.17, 15) is 0 Å². The minimum absolute atomic E-state index is 0.0274. The fraction of sp³-hybridized carbons (Fsp3) is 0.286. The van der Waals surface area contributed by atoms with Gasteiger partial charge in [-0.15, -0.1) is 0 Å². The van der Waals surface area contributed by atoms with Crippen molar-refractivity contribution >= 4 is 29.0 Å². The standard InChI is InChI=1S/C14H15Cl2N3/c1-8-7-17-10(3)14(18-8)19-9(2)12-5-4-11(15)6-13(12)16/h4-7,9H,1-3H3,(H,18,19)/t9-/m1/s1. The number of anilines is 1. The number of aromatic nitrogens is 2. The Labute approximate surface area is 123 Å². The maximum atomic E-state index is 6.20. The van der Waals surface area contributed by atoms with Crippen molar-refractivity contribution in [2.24, 2.45) is 0 Å². The second kappa shape index (κ2) is 5.76. The Morgan fingerprint density at radius 3 is 2.63 bits per heavy atom. The summed E-state index contributed by atoms with van der Waals surface area (Å²) >= 11 is 12.1. The minimum Gasteiger partial charge on any atom is -0.362 e. The molecule has 1 aromatic heterocycles. The largest absolute Gasteiger partial charge is 0.362 e. The molecule has 2 aromatic rings. The summed E-state index contributed by atoms with van der Waals surface area (Å²) in [5.41, 5.74) is 2.72. The summed E-state index contributed by atoms with van der Waals surface area (Å²) in [5, 5.41) is 4.60. The van der Waals surface area contributed by atoms with Crippen LogP contribution in [0.2, 0.25) is 10.0 Å². The molecule has 5 heteroatoms. The Morgan fingerprint density at radius 2 is 1.95 bits per heavy atom. The maximum Gasteiger partial charge on any atom is 0.148 e. The Hall–Kier alpha value is -1.32. The Morgan fingerprint density at radius 1 is 1.21 bits per heavy atom. The molecule has 1 heterocycles. The van der Waals surface area contributed by atoms with Crippen molar-refractivity contribution in [2.45, 2.75) is 26.8 Å². The van der Waals surface area contributed by atoms with Gasteiger partial charge in [-0.3, -0.25) is 4.98 Å². The molecule has 0 saturated heterocycles. The van der Waals surface area contributed by atoms with Crippen molar-refractivity contribution in [1.29, 1.82) is 0 Å². The van der Waals surface area contributed by atoms with Gasteiger partial charge in [0.2, 0.25) is 0 Å². The fourth-order valence-corrected chi connectivity index (χ4v) is 2.38. The Bertz CT molecular complexity index is 599. The van der Waals surface area contributed by atoms with Gasteiger partial charge < -0.3 is 5.32 Å². The number of rotatable bonds is 3. The highest BCUT2D eigenvalue weighted by atomic mass is 35.5. The lowest BCUT2D eigenvalue weighted by Crippen LogP contribution is -2.11. The van der Waals surface area contributed by atoms with E-state index >= 15 is 0 Å². The number of aryl methyl sites for hydroxylation is 2. The van der Waals surface area contributed by atoms with Crippen LogP contribution in [0.3, 0.4) is 0 Å². The number of hydrogen-bond acceptors (Lipinski definition) is 3. The molecule has 1 atom stereocenters. The van der Waals surface area contributed by atoms with Crippen molar-refractivity contribution < 1.29 is 0 Å². The average Bonchev–Trinajstić information content (AvgIpc) is 2.33. The summed E-state index contributed by atoms with van der Waals surface area (Å²) in [6.45, 7) is 5.86. The normalized spacial score (nSPS) is 12.3. The van der Waals surface area contributed by atoms with Gasteiger partial charge in [-0.05, 0) is 38.5 Å². The molecule has 1 N–H and O–H groups in total. The van der Waals surface area contributed by atoms with Gasteiger partial charge >= 0.3 is 0 Å². The summed E-state index contributed by atoms with van der Waals surface area (Å²) in [4.78, 5) is 8.73. The smallest absolute Gasteiger partial charge is 0.148 e. The van der Waals surface area contributed by atoms with E-state index in [1.165, 1.54) is 0 Å². The molecule has 0 saturated carbocycles. The van der Waals surface area contributed by atoms with Crippen molar-refractivity contribution in [3.63, 3.8) is 0 Å². The summed E-state index contributed by atoms with van der Waals surface area (Å²) in [6.07, 6.45) is 1.75. The van der Waals surface area contributed by atoms with Gasteiger partial charge in [0, 0.05) is 16.2 Å². The molecule has 0 amide bonds. The van der Waals surface area contributed by atoms with E-state index in [0.717, 1.165) is 22.8 Å². The maximum absolute atomic E-state index is 6.20. The first-order chi connectivity index (χ1) is 8.97. The van der Waals surface area contributed by atoms with E-state index in [4.69, 9.17) is 23.2 Å². The van der Waals surface area contributed by atoms with E-state index < -0.39 is 0 Å². The topological polar surface area (TPSA) is 37.8 Å². The van der Waals surface area contributed by atoms with Gasteiger partial charge in [-0.1, -0.05) is 29.3 Å². The molecule has 100 valence electrons. The zero-order valence-corrected chi connectivity index (χ0v) is 12.5. The third kappa shape index (κ3) is 3.37. The molecular weight excluding hydrogens is 281 g/mol. The molecule has 0 spiro atoms. The quantitative estimate of drug-likeness (QED) is 0.901. The summed E-state index contributed by atoms with van der Waals surface area (Å²) in [6, 6.07) is 5.52. The minimum atomic E-state index is 0.0274. The lowest BCUT2D eigenvalue weighted by Gasteiger charge is -2.17. The fourth-order valence-electron chi connectivity index (χ4n) is 1.81. The molecule has 3 nitrogen and oxygen atoms in total. The van der Waals surface area contributed by atoms with Crippen LogP contribution in [0.15, 0.2) is 24.4 Å². The van der Waals surface area contributed by atoms with Gasteiger partial charge in [0.1, 0.15) is 5.82 Å². The van der Waals surface area contributed by atoms with Crippen LogP contribution in [0.25, 0.3) is 0 Å². The first-order valence-corrected chi connectivity index (χ1v) is 6.74. The van der Waals surface area contributed by atoms with E-state index in [1.54, 1.807) is 12.3 Å². The van der Waals surface area contributed by atoms with E-state index in [0.29, 0.717) is 10.0 Å². The third-order valence-electron chi connectivity index (χ3n) is 2.86. The SMILES string of the molecule is Cc1cnc(C)c(N[C@H](C)c2ccc(Cl)cc2Cl)n1. The Balaban J connectivity index is 2.25. The number of nitrogens with one attached hydrogen (secondary N) is 1. The van der Waals surface area contributed by atoms with Crippen LogP contribution >= 0.6 is 23.2 Å². The third-order valence-corrected chi connectivity index (χ3v) is 3.42. The van der Waals surface area contributed by atoms with Crippen LogP contribution < -0.4 is 5.32 Å². The number of halogens is 2. The molecule has 2 rings (SSSR count). The van der Waals surface area contributed by atoms with E-state index in [1.807, 2.05) is 32.9 Å². The molecule has 0 radical (unpaired) electrons. The molecular formula is C14H15Cl2N3. The van der Waals surface area contributed by atoms with Gasteiger partial charge in [0.05, 0.1) is 17.4 Å². The predicted octanol–water partition coefficient (Wildman–Crippen LogP) is 4.57. The first kappa shape index (κ1) is 14.1. The van der Waals surface area contributed by atoms with Crippen LogP contribution in [0.5, 0.6) is 0 Å². The van der Waals surface area contributed by atoms with Crippen molar-refractivity contribution in [2.75, 3.05) is 5.32 Å². The number of hydrogen-bond donors (Lipinski definition) is 1. The summed E-state index contributed by atoms with van der Waals surface area (Å²) in [7, 11) is 0. The first-order valence-electron chi connectivity index (χ1n) is 5.99. The van der Waals surface area contributed by atoms with Gasteiger partial charge in [-0.2, -0.15) is 0 Å². The molecule has 0 aliphatic carbocycles. The average molecular weight is 296 g/mol. The predicted molar refractivity (Wildman–Crippen MR) is 80.0 cm³/mol. The monoisotopic (exact) mass is 295 g/mol. The molecule has 1 aromatic carbocycles. The highest BCUT2D eigenvalue weighted by molar-refractivity contribution is 6.35. The lowest BCUT2D eigenvalue weighted by atomic mass is 10.1. The Kier molecular flexibility index (Phi) is 4.27. The zero-order chi connectivity index (χ0) is 14.0. The molecule has 0 aliphatic rings. The van der Waals surface area contributed by atoms with Crippen LogP contribution in [-0.4, -0.2) is 9.97 Å². The highest BCUT2D eigenvalue weighted by Crippen LogP contribution is 2.28. The van der Waals surface area contributed by atoms with Crippen molar-refractivity contribution in [3.8, 4) is 0 Å². The van der Waals surface area contributed by atoms with E-state index in [-0.39, 0.29) is 6.04 Å². The second-order valence-corrected chi connectivity index (χ2v) is 5.32. The van der Waals surface area contributed by atoms with Crippen LogP contribution in [0, 0.1) is 13.8 Å². The lowest BCUT2D eigenvalue weighted by molar-refractivity contribution is 0.862.